The molecule has 0 heterocycles. The van der Waals surface area contributed by atoms with E-state index in [1.54, 1.807) is 0 Å². The minimum Gasteiger partial charge on any atom is -0.479 e. The monoisotopic (exact) mass is 222 g/mol. The number of carbonyl (C=O) groups is 1. The lowest BCUT2D eigenvalue weighted by Gasteiger charge is -2.06. The Balaban J connectivity index is 3.15. The highest BCUT2D eigenvalue weighted by atomic mass is 35.5. The SMILES string of the molecule is O=C(O)C(F)c1cccc(Cl)c1Cl. The highest BCUT2D eigenvalue weighted by Gasteiger charge is 2.21. The molecule has 1 atom stereocenters. The Morgan fingerprint density at radius 3 is 2.62 bits per heavy atom. The summed E-state index contributed by atoms with van der Waals surface area (Å²) in [4.78, 5) is 10.3. The lowest BCUT2D eigenvalue weighted by molar-refractivity contribution is -0.143. The number of carboxylic acid groups (broad SMARTS) is 1. The van der Waals surface area contributed by atoms with Gasteiger partial charge >= 0.3 is 5.97 Å². The fourth-order valence-electron chi connectivity index (χ4n) is 0.849. The Morgan fingerprint density at radius 1 is 1.46 bits per heavy atom. The van der Waals surface area contributed by atoms with E-state index >= 15 is 0 Å². The van der Waals surface area contributed by atoms with Gasteiger partial charge in [-0.15, -0.1) is 0 Å². The maximum Gasteiger partial charge on any atom is 0.343 e. The average Bonchev–Trinajstić information content (AvgIpc) is 2.08. The van der Waals surface area contributed by atoms with Crippen molar-refractivity contribution in [2.45, 2.75) is 6.17 Å². The van der Waals surface area contributed by atoms with Crippen molar-refractivity contribution >= 4 is 29.2 Å². The highest BCUT2D eigenvalue weighted by molar-refractivity contribution is 6.42. The molecule has 1 rings (SSSR count). The zero-order chi connectivity index (χ0) is 10.0. The van der Waals surface area contributed by atoms with Gasteiger partial charge in [-0.25, -0.2) is 9.18 Å². The van der Waals surface area contributed by atoms with Gasteiger partial charge in [-0.3, -0.25) is 0 Å². The van der Waals surface area contributed by atoms with E-state index in [1.807, 2.05) is 0 Å². The average molecular weight is 223 g/mol. The Kier molecular flexibility index (Phi) is 3.12. The molecule has 0 aliphatic carbocycles. The minimum absolute atomic E-state index is 0.0564. The van der Waals surface area contributed by atoms with Crippen LogP contribution in [0.1, 0.15) is 11.7 Å². The first-order valence-corrected chi connectivity index (χ1v) is 4.10. The lowest BCUT2D eigenvalue weighted by Crippen LogP contribution is -2.06. The number of halogens is 3. The molecule has 0 fully saturated rings. The van der Waals surface area contributed by atoms with Gasteiger partial charge in [-0.05, 0) is 6.07 Å². The molecule has 1 N–H and O–H groups in total. The summed E-state index contributed by atoms with van der Waals surface area (Å²) in [5.41, 5.74) is -0.123. The zero-order valence-corrected chi connectivity index (χ0v) is 7.81. The number of carboxylic acids is 1. The smallest absolute Gasteiger partial charge is 0.343 e. The predicted octanol–water partition coefficient (Wildman–Crippen LogP) is 3.09. The van der Waals surface area contributed by atoms with Crippen molar-refractivity contribution in [3.05, 3.63) is 33.8 Å². The molecule has 0 saturated carbocycles. The predicted molar refractivity (Wildman–Crippen MR) is 47.9 cm³/mol. The molecule has 5 heteroatoms. The lowest BCUT2D eigenvalue weighted by atomic mass is 10.1. The van der Waals surface area contributed by atoms with Crippen molar-refractivity contribution in [3.8, 4) is 0 Å². The van der Waals surface area contributed by atoms with Crippen LogP contribution in [0.2, 0.25) is 10.0 Å². The van der Waals surface area contributed by atoms with E-state index in [2.05, 4.69) is 0 Å². The standard InChI is InChI=1S/C8H5Cl2FO2/c9-5-3-1-2-4(6(5)10)7(11)8(12)13/h1-3,7H,(H,12,13). The van der Waals surface area contributed by atoms with Gasteiger partial charge in [-0.2, -0.15) is 0 Å². The minimum atomic E-state index is -2.13. The third-order valence-electron chi connectivity index (χ3n) is 1.47. The fourth-order valence-corrected chi connectivity index (χ4v) is 1.25. The van der Waals surface area contributed by atoms with Crippen molar-refractivity contribution in [3.63, 3.8) is 0 Å². The second kappa shape index (κ2) is 3.94. The maximum atomic E-state index is 13.0. The molecule has 0 saturated heterocycles. The van der Waals surface area contributed by atoms with E-state index in [4.69, 9.17) is 28.3 Å². The van der Waals surface area contributed by atoms with Gasteiger partial charge in [0.25, 0.3) is 0 Å². The summed E-state index contributed by atoms with van der Waals surface area (Å²) < 4.78 is 13.0. The van der Waals surface area contributed by atoms with Crippen molar-refractivity contribution in [1.29, 1.82) is 0 Å². The van der Waals surface area contributed by atoms with Crippen LogP contribution in [0.25, 0.3) is 0 Å². The Bertz CT molecular complexity index is 341. The molecule has 0 amide bonds. The first-order chi connectivity index (χ1) is 6.04. The van der Waals surface area contributed by atoms with Crippen molar-refractivity contribution in [2.75, 3.05) is 0 Å². The van der Waals surface area contributed by atoms with Crippen LogP contribution in [0.4, 0.5) is 4.39 Å². The summed E-state index contributed by atoms with van der Waals surface area (Å²) in [6, 6.07) is 4.19. The zero-order valence-electron chi connectivity index (χ0n) is 6.30. The van der Waals surface area contributed by atoms with Crippen LogP contribution in [0.3, 0.4) is 0 Å². The second-order valence-corrected chi connectivity index (χ2v) is 3.13. The molecule has 70 valence electrons. The highest BCUT2D eigenvalue weighted by Crippen LogP contribution is 2.31. The number of hydrogen-bond acceptors (Lipinski definition) is 1. The fraction of sp³-hybridized carbons (Fsp3) is 0.125. The summed E-state index contributed by atoms with van der Waals surface area (Å²) in [7, 11) is 0. The molecule has 0 aromatic heterocycles. The molecule has 0 aliphatic rings. The van der Waals surface area contributed by atoms with E-state index in [9.17, 15) is 9.18 Å². The van der Waals surface area contributed by atoms with Gasteiger partial charge in [0.1, 0.15) is 0 Å². The quantitative estimate of drug-likeness (QED) is 0.836. The molecular formula is C8H5Cl2FO2. The molecular weight excluding hydrogens is 218 g/mol. The third kappa shape index (κ3) is 2.11. The van der Waals surface area contributed by atoms with Gasteiger partial charge < -0.3 is 5.11 Å². The molecule has 0 bridgehead atoms. The number of aliphatic carboxylic acids is 1. The molecule has 1 aromatic rings. The number of rotatable bonds is 2. The summed E-state index contributed by atoms with van der Waals surface area (Å²) >= 11 is 11.2. The first-order valence-electron chi connectivity index (χ1n) is 3.35. The van der Waals surface area contributed by atoms with Gasteiger partial charge in [0.05, 0.1) is 10.0 Å². The molecule has 0 radical (unpaired) electrons. The molecule has 0 aliphatic heterocycles. The Morgan fingerprint density at radius 2 is 2.08 bits per heavy atom. The van der Waals surface area contributed by atoms with Gasteiger partial charge in [0.15, 0.2) is 0 Å². The molecule has 1 unspecified atom stereocenters. The van der Waals surface area contributed by atoms with Crippen molar-refractivity contribution < 1.29 is 14.3 Å². The van der Waals surface area contributed by atoms with E-state index < -0.39 is 12.1 Å². The van der Waals surface area contributed by atoms with E-state index in [0.29, 0.717) is 0 Å². The third-order valence-corrected chi connectivity index (χ3v) is 2.30. The van der Waals surface area contributed by atoms with Crippen LogP contribution < -0.4 is 0 Å². The Labute approximate surface area is 83.9 Å². The Hall–Kier alpha value is -0.800. The number of hydrogen-bond donors (Lipinski definition) is 1. The summed E-state index contributed by atoms with van der Waals surface area (Å²) in [6.45, 7) is 0. The van der Waals surface area contributed by atoms with E-state index in [-0.39, 0.29) is 15.6 Å². The molecule has 13 heavy (non-hydrogen) atoms. The molecule has 2 nitrogen and oxygen atoms in total. The van der Waals surface area contributed by atoms with Gasteiger partial charge in [0.2, 0.25) is 6.17 Å². The topological polar surface area (TPSA) is 37.3 Å². The largest absolute Gasteiger partial charge is 0.479 e. The van der Waals surface area contributed by atoms with Crippen LogP contribution in [-0.4, -0.2) is 11.1 Å². The van der Waals surface area contributed by atoms with Crippen molar-refractivity contribution in [2.24, 2.45) is 0 Å². The molecule has 1 aromatic carbocycles. The maximum absolute atomic E-state index is 13.0. The van der Waals surface area contributed by atoms with Crippen LogP contribution in [0, 0.1) is 0 Å². The van der Waals surface area contributed by atoms with Gasteiger partial charge in [0, 0.05) is 5.56 Å². The normalized spacial score (nSPS) is 12.5. The van der Waals surface area contributed by atoms with Crippen molar-refractivity contribution in [1.82, 2.24) is 0 Å². The van der Waals surface area contributed by atoms with E-state index in [1.165, 1.54) is 18.2 Å². The summed E-state index contributed by atoms with van der Waals surface area (Å²) in [5.74, 6) is -1.58. The number of benzene rings is 1. The first kappa shape index (κ1) is 10.3. The summed E-state index contributed by atoms with van der Waals surface area (Å²) in [6.07, 6.45) is -2.13. The molecule has 0 spiro atoms. The summed E-state index contributed by atoms with van der Waals surface area (Å²) in [5, 5.41) is 8.46. The van der Waals surface area contributed by atoms with Gasteiger partial charge in [-0.1, -0.05) is 35.3 Å². The van der Waals surface area contributed by atoms with Crippen LogP contribution in [-0.2, 0) is 4.79 Å². The van der Waals surface area contributed by atoms with Crippen LogP contribution in [0.5, 0.6) is 0 Å². The van der Waals surface area contributed by atoms with Crippen LogP contribution >= 0.6 is 23.2 Å². The van der Waals surface area contributed by atoms with Crippen LogP contribution in [0.15, 0.2) is 18.2 Å². The second-order valence-electron chi connectivity index (χ2n) is 2.34. The number of alkyl halides is 1. The van der Waals surface area contributed by atoms with E-state index in [0.717, 1.165) is 0 Å².